The monoisotopic (exact) mass is 779 g/mol. The normalized spacial score (nSPS) is 34.7. The fourth-order valence-corrected chi connectivity index (χ4v) is 13.3. The largest absolute Gasteiger partial charge is 0.481 e. The number of ether oxygens (including phenoxy) is 2. The standard InChI is InChI=1S/C46H66ClNO7/c1-27(2)39-34(50)23-46(37(54-28(3)49)26-48(10)25-29-11-13-30(47)14-12-29)22-21-44(8)31-17-18-35-43(6,7)36(55-38(51)24-42(4,5)41(52)53)19-20-45(35,9)32(31)15-16-33(44)40(39)46/h11-14,27,31-33,35-37H,15-26H2,1-10H3,(H,52,53)/t31-,32+,33-,35+,36+,37+,44+,45-,46+/m1/s1. The second-order valence-corrected chi connectivity index (χ2v) is 20.8. The fraction of sp³-hybridized carbons (Fsp3) is 0.739. The van der Waals surface area contributed by atoms with Gasteiger partial charge in [-0.15, -0.1) is 0 Å². The van der Waals surface area contributed by atoms with Gasteiger partial charge in [-0.25, -0.2) is 0 Å². The summed E-state index contributed by atoms with van der Waals surface area (Å²) >= 11 is 6.18. The first-order valence-corrected chi connectivity index (χ1v) is 21.3. The number of likely N-dealkylation sites (N-methyl/N-ethyl adjacent to an activating group) is 1. The van der Waals surface area contributed by atoms with E-state index in [4.69, 9.17) is 21.1 Å². The van der Waals surface area contributed by atoms with Crippen LogP contribution in [0.2, 0.25) is 5.02 Å². The Morgan fingerprint density at radius 3 is 2.20 bits per heavy atom. The van der Waals surface area contributed by atoms with Crippen molar-refractivity contribution < 1.29 is 33.8 Å². The van der Waals surface area contributed by atoms with Crippen LogP contribution in [0.1, 0.15) is 132 Å². The quantitative estimate of drug-likeness (QED) is 0.221. The smallest absolute Gasteiger partial charge is 0.309 e. The number of rotatable bonds is 11. The first-order chi connectivity index (χ1) is 25.6. The Bertz CT molecular complexity index is 1710. The molecule has 9 heteroatoms. The third kappa shape index (κ3) is 7.34. The van der Waals surface area contributed by atoms with Crippen LogP contribution in [0, 0.1) is 56.7 Å². The van der Waals surface area contributed by atoms with Crippen LogP contribution >= 0.6 is 11.6 Å². The van der Waals surface area contributed by atoms with E-state index in [1.165, 1.54) is 12.5 Å². The third-order valence-corrected chi connectivity index (χ3v) is 16.1. The van der Waals surface area contributed by atoms with Gasteiger partial charge in [0.25, 0.3) is 0 Å². The van der Waals surface area contributed by atoms with Crippen LogP contribution in [-0.4, -0.2) is 59.5 Å². The Morgan fingerprint density at radius 2 is 1.58 bits per heavy atom. The highest BCUT2D eigenvalue weighted by Gasteiger charge is 2.67. The Hall–Kier alpha value is -2.71. The number of benzene rings is 1. The van der Waals surface area contributed by atoms with Gasteiger partial charge in [-0.3, -0.25) is 24.1 Å². The van der Waals surface area contributed by atoms with E-state index in [1.807, 2.05) is 24.3 Å². The highest BCUT2D eigenvalue weighted by Crippen LogP contribution is 2.73. The number of allylic oxidation sites excluding steroid dienone is 1. The van der Waals surface area contributed by atoms with E-state index in [0.717, 1.165) is 62.5 Å². The first-order valence-electron chi connectivity index (χ1n) is 20.9. The molecule has 5 aliphatic rings. The Kier molecular flexibility index (Phi) is 11.4. The van der Waals surface area contributed by atoms with Gasteiger partial charge in [0, 0.05) is 42.3 Å². The summed E-state index contributed by atoms with van der Waals surface area (Å²) in [6, 6.07) is 7.86. The first kappa shape index (κ1) is 41.9. The summed E-state index contributed by atoms with van der Waals surface area (Å²) in [7, 11) is 2.07. The molecule has 9 atom stereocenters. The van der Waals surface area contributed by atoms with Crippen molar-refractivity contribution >= 4 is 35.3 Å². The summed E-state index contributed by atoms with van der Waals surface area (Å²) in [6.07, 6.45) is 7.37. The van der Waals surface area contributed by atoms with Crippen LogP contribution in [0.3, 0.4) is 0 Å². The summed E-state index contributed by atoms with van der Waals surface area (Å²) in [4.78, 5) is 54.2. The Labute approximate surface area is 334 Å². The van der Waals surface area contributed by atoms with E-state index in [0.29, 0.717) is 42.3 Å². The molecule has 1 aromatic carbocycles. The maximum atomic E-state index is 14.3. The number of Topliss-reactive ketones (excluding diaryl/α,β-unsaturated/α-hetero) is 1. The van der Waals surface area contributed by atoms with Crippen LogP contribution in [0.15, 0.2) is 35.4 Å². The van der Waals surface area contributed by atoms with Gasteiger partial charge in [0.1, 0.15) is 12.2 Å². The molecule has 4 saturated carbocycles. The Balaban J connectivity index is 1.28. The van der Waals surface area contributed by atoms with Crippen molar-refractivity contribution in [2.75, 3.05) is 13.6 Å². The molecule has 0 spiro atoms. The van der Waals surface area contributed by atoms with Gasteiger partial charge in [0.2, 0.25) is 0 Å². The number of fused-ring (bicyclic) bond motifs is 7. The van der Waals surface area contributed by atoms with Crippen LogP contribution in [0.5, 0.6) is 0 Å². The molecular weight excluding hydrogens is 714 g/mol. The minimum Gasteiger partial charge on any atom is -0.481 e. The highest BCUT2D eigenvalue weighted by molar-refractivity contribution is 6.30. The molecule has 8 nitrogen and oxygen atoms in total. The SMILES string of the molecule is CC(=O)O[C@@H](CN(C)Cc1ccc(Cl)cc1)[C@@]12CC[C@]3(C)[C@H](CC[C@H]4[C@H]3CC[C@H]3C(C)(C)[C@@H](OC(=O)CC(C)(C)C(=O)O)CC[C@]43C)C1=C(C(C)C)C(=O)C2. The maximum Gasteiger partial charge on any atom is 0.309 e. The molecule has 1 aromatic rings. The number of esters is 2. The van der Waals surface area contributed by atoms with Crippen molar-refractivity contribution in [3.8, 4) is 0 Å². The molecule has 0 radical (unpaired) electrons. The number of hydrogen-bond donors (Lipinski definition) is 1. The number of ketones is 1. The van der Waals surface area contributed by atoms with Gasteiger partial charge in [0.15, 0.2) is 5.78 Å². The number of aliphatic carboxylic acids is 1. The lowest BCUT2D eigenvalue weighted by Gasteiger charge is -2.68. The number of halogens is 1. The van der Waals surface area contributed by atoms with Gasteiger partial charge in [-0.05, 0) is 142 Å². The van der Waals surface area contributed by atoms with E-state index in [1.54, 1.807) is 13.8 Å². The maximum absolute atomic E-state index is 14.3. The number of carboxylic acids is 1. The molecule has 0 bridgehead atoms. The Morgan fingerprint density at radius 1 is 0.945 bits per heavy atom. The van der Waals surface area contributed by atoms with Crippen LogP contribution in [-0.2, 0) is 35.2 Å². The summed E-state index contributed by atoms with van der Waals surface area (Å²) in [5.74, 6) is 0.203. The van der Waals surface area contributed by atoms with Crippen molar-refractivity contribution in [3.05, 3.63) is 46.0 Å². The summed E-state index contributed by atoms with van der Waals surface area (Å²) in [6.45, 7) is 19.7. The van der Waals surface area contributed by atoms with Gasteiger partial charge in [-0.1, -0.05) is 65.3 Å². The second-order valence-electron chi connectivity index (χ2n) is 20.3. The molecule has 5 aliphatic carbocycles. The van der Waals surface area contributed by atoms with E-state index < -0.39 is 28.9 Å². The molecule has 0 unspecified atom stereocenters. The number of hydrogen-bond acceptors (Lipinski definition) is 7. The van der Waals surface area contributed by atoms with Crippen molar-refractivity contribution in [3.63, 3.8) is 0 Å². The topological polar surface area (TPSA) is 110 Å². The highest BCUT2D eigenvalue weighted by atomic mass is 35.5. The van der Waals surface area contributed by atoms with Crippen molar-refractivity contribution in [1.82, 2.24) is 4.90 Å². The lowest BCUT2D eigenvalue weighted by atomic mass is 9.37. The molecule has 0 aromatic heterocycles. The van der Waals surface area contributed by atoms with Crippen LogP contribution < -0.4 is 0 Å². The molecule has 6 rings (SSSR count). The van der Waals surface area contributed by atoms with Crippen molar-refractivity contribution in [2.45, 2.75) is 145 Å². The predicted octanol–water partition coefficient (Wildman–Crippen LogP) is 9.71. The fourth-order valence-electron chi connectivity index (χ4n) is 13.2. The number of nitrogens with zero attached hydrogens (tertiary/aromatic N) is 1. The lowest BCUT2D eigenvalue weighted by molar-refractivity contribution is -0.206. The zero-order chi connectivity index (χ0) is 40.5. The lowest BCUT2D eigenvalue weighted by Crippen LogP contribution is -2.62. The number of carbonyl (C=O) groups excluding carboxylic acids is 3. The minimum absolute atomic E-state index is 0.00629. The molecule has 1 N–H and O–H groups in total. The van der Waals surface area contributed by atoms with Gasteiger partial charge >= 0.3 is 17.9 Å². The molecule has 4 fully saturated rings. The zero-order valence-electron chi connectivity index (χ0n) is 35.1. The average Bonchev–Trinajstić information content (AvgIpc) is 3.39. The van der Waals surface area contributed by atoms with E-state index in [9.17, 15) is 24.3 Å². The molecule has 55 heavy (non-hydrogen) atoms. The van der Waals surface area contributed by atoms with Crippen molar-refractivity contribution in [2.24, 2.45) is 56.7 Å². The molecule has 304 valence electrons. The molecular formula is C46H66ClNO7. The van der Waals surface area contributed by atoms with E-state index >= 15 is 0 Å². The van der Waals surface area contributed by atoms with Gasteiger partial charge in [-0.2, -0.15) is 0 Å². The second kappa shape index (κ2) is 14.9. The van der Waals surface area contributed by atoms with Crippen LogP contribution in [0.25, 0.3) is 0 Å². The third-order valence-electron chi connectivity index (χ3n) is 15.8. The average molecular weight is 780 g/mol. The van der Waals surface area contributed by atoms with Crippen LogP contribution in [0.4, 0.5) is 0 Å². The molecule has 0 aliphatic heterocycles. The number of carboxylic acid groups (broad SMARTS) is 1. The van der Waals surface area contributed by atoms with Crippen molar-refractivity contribution in [1.29, 1.82) is 0 Å². The summed E-state index contributed by atoms with van der Waals surface area (Å²) in [5.41, 5.74) is 1.56. The molecule has 0 amide bonds. The summed E-state index contributed by atoms with van der Waals surface area (Å²) in [5, 5.41) is 10.3. The van der Waals surface area contributed by atoms with Gasteiger partial charge in [0.05, 0.1) is 11.8 Å². The summed E-state index contributed by atoms with van der Waals surface area (Å²) < 4.78 is 12.5. The molecule has 0 saturated heterocycles. The van der Waals surface area contributed by atoms with E-state index in [-0.39, 0.29) is 52.4 Å². The van der Waals surface area contributed by atoms with E-state index in [2.05, 4.69) is 53.5 Å². The molecule has 0 heterocycles. The minimum atomic E-state index is -1.17. The zero-order valence-corrected chi connectivity index (χ0v) is 35.8. The number of carbonyl (C=O) groups is 4. The van der Waals surface area contributed by atoms with Gasteiger partial charge < -0.3 is 14.6 Å². The predicted molar refractivity (Wildman–Crippen MR) is 214 cm³/mol.